The first-order chi connectivity index (χ1) is 8.76. The maximum Gasteiger partial charge on any atom is 0.245 e. The smallest absolute Gasteiger partial charge is 0.245 e. The summed E-state index contributed by atoms with van der Waals surface area (Å²) in [5.74, 6) is -0.543. The average Bonchev–Trinajstić information content (AvgIpc) is 2.38. The summed E-state index contributed by atoms with van der Waals surface area (Å²) >= 11 is 0. The topological polar surface area (TPSA) is 75.4 Å². The molecule has 0 aliphatic rings. The third-order valence-corrected chi connectivity index (χ3v) is 3.00. The molecule has 1 aromatic carbocycles. The second-order valence-electron chi connectivity index (χ2n) is 5.00. The Morgan fingerprint density at radius 2 is 1.79 bits per heavy atom. The van der Waals surface area contributed by atoms with Gasteiger partial charge in [0.1, 0.15) is 11.6 Å². The van der Waals surface area contributed by atoms with Crippen LogP contribution in [0.15, 0.2) is 30.3 Å². The van der Waals surface area contributed by atoms with E-state index in [-0.39, 0.29) is 11.8 Å². The van der Waals surface area contributed by atoms with E-state index in [0.717, 1.165) is 0 Å². The van der Waals surface area contributed by atoms with Crippen molar-refractivity contribution in [3.8, 4) is 0 Å². The van der Waals surface area contributed by atoms with Crippen molar-refractivity contribution in [2.24, 2.45) is 5.73 Å². The summed E-state index contributed by atoms with van der Waals surface area (Å²) in [6.07, 6.45) is 0. The summed E-state index contributed by atoms with van der Waals surface area (Å²) < 4.78 is 0. The molecule has 2 unspecified atom stereocenters. The lowest BCUT2D eigenvalue weighted by molar-refractivity contribution is -0.135. The molecule has 0 saturated heterocycles. The van der Waals surface area contributed by atoms with Gasteiger partial charge >= 0.3 is 0 Å². The van der Waals surface area contributed by atoms with Crippen LogP contribution in [0.5, 0.6) is 0 Å². The van der Waals surface area contributed by atoms with Gasteiger partial charge in [0.05, 0.1) is 0 Å². The Balaban J connectivity index is 2.80. The molecule has 0 radical (unpaired) electrons. The molecule has 3 N–H and O–H groups in total. The molecule has 0 bridgehead atoms. The Morgan fingerprint density at radius 1 is 1.26 bits per heavy atom. The first-order valence-electron chi connectivity index (χ1n) is 6.13. The number of carbonyl (C=O) groups excluding carboxylic acids is 2. The van der Waals surface area contributed by atoms with Gasteiger partial charge in [-0.3, -0.25) is 9.59 Å². The number of nitrogens with zero attached hydrogens (tertiary/aromatic N) is 1. The van der Waals surface area contributed by atoms with Crippen LogP contribution in [0.1, 0.15) is 19.4 Å². The van der Waals surface area contributed by atoms with Gasteiger partial charge in [0.15, 0.2) is 0 Å². The highest BCUT2D eigenvalue weighted by Gasteiger charge is 2.32. The first kappa shape index (κ1) is 15.2. The summed E-state index contributed by atoms with van der Waals surface area (Å²) in [6.45, 7) is 3.27. The van der Waals surface area contributed by atoms with Crippen LogP contribution < -0.4 is 11.1 Å². The largest absolute Gasteiger partial charge is 0.347 e. The van der Waals surface area contributed by atoms with Crippen LogP contribution in [-0.2, 0) is 15.1 Å². The molecule has 5 heteroatoms. The van der Waals surface area contributed by atoms with Gasteiger partial charge in [-0.1, -0.05) is 30.3 Å². The summed E-state index contributed by atoms with van der Waals surface area (Å²) in [6, 6.07) is 8.48. The fourth-order valence-electron chi connectivity index (χ4n) is 1.71. The third kappa shape index (κ3) is 3.54. The first-order valence-corrected chi connectivity index (χ1v) is 6.13. The molecule has 2 atom stereocenters. The van der Waals surface area contributed by atoms with Crippen molar-refractivity contribution >= 4 is 11.8 Å². The Hall–Kier alpha value is -1.88. The molecule has 0 fully saturated rings. The van der Waals surface area contributed by atoms with Crippen molar-refractivity contribution in [2.75, 3.05) is 14.1 Å². The number of benzene rings is 1. The highest BCUT2D eigenvalue weighted by atomic mass is 16.2. The summed E-state index contributed by atoms with van der Waals surface area (Å²) in [5, 5.41) is 2.64. The number of rotatable bonds is 4. The van der Waals surface area contributed by atoms with Crippen molar-refractivity contribution < 1.29 is 9.59 Å². The van der Waals surface area contributed by atoms with E-state index < -0.39 is 11.6 Å². The summed E-state index contributed by atoms with van der Waals surface area (Å²) in [4.78, 5) is 25.3. The van der Waals surface area contributed by atoms with Crippen molar-refractivity contribution in [3.05, 3.63) is 35.9 Å². The second-order valence-corrected chi connectivity index (χ2v) is 5.00. The average molecular weight is 263 g/mol. The maximum absolute atomic E-state index is 12.2. The monoisotopic (exact) mass is 263 g/mol. The van der Waals surface area contributed by atoms with Gasteiger partial charge in [-0.15, -0.1) is 0 Å². The van der Waals surface area contributed by atoms with E-state index >= 15 is 0 Å². The van der Waals surface area contributed by atoms with E-state index in [2.05, 4.69) is 5.32 Å². The number of amides is 2. The molecule has 0 heterocycles. The molecule has 0 aromatic heterocycles. The Bertz CT molecular complexity index is 455. The van der Waals surface area contributed by atoms with Gasteiger partial charge in [0.2, 0.25) is 11.8 Å². The zero-order chi connectivity index (χ0) is 14.6. The van der Waals surface area contributed by atoms with E-state index in [1.54, 1.807) is 40.1 Å². The van der Waals surface area contributed by atoms with Gasteiger partial charge in [-0.05, 0) is 19.4 Å². The van der Waals surface area contributed by atoms with Crippen LogP contribution in [0, 0.1) is 0 Å². The van der Waals surface area contributed by atoms with Gasteiger partial charge < -0.3 is 16.0 Å². The van der Waals surface area contributed by atoms with Gasteiger partial charge in [0, 0.05) is 14.1 Å². The Kier molecular flexibility index (Phi) is 4.67. The number of nitrogens with two attached hydrogens (primary N) is 1. The predicted octanol–water partition coefficient (Wildman–Crippen LogP) is 0.453. The SMILES string of the molecule is CC(NC(=O)C(C)(N)c1ccccc1)C(=O)N(C)C. The molecule has 0 aliphatic heterocycles. The summed E-state index contributed by atoms with van der Waals surface area (Å²) in [7, 11) is 3.29. The molecule has 104 valence electrons. The van der Waals surface area contributed by atoms with Gasteiger partial charge in [-0.25, -0.2) is 0 Å². The number of nitrogens with one attached hydrogen (secondary N) is 1. The number of carbonyl (C=O) groups is 2. The van der Waals surface area contributed by atoms with E-state index in [9.17, 15) is 9.59 Å². The lowest BCUT2D eigenvalue weighted by Crippen LogP contribution is -2.54. The molecule has 0 aliphatic carbocycles. The normalized spacial score (nSPS) is 15.2. The Labute approximate surface area is 113 Å². The molecule has 0 spiro atoms. The van der Waals surface area contributed by atoms with Crippen molar-refractivity contribution in [2.45, 2.75) is 25.4 Å². The summed E-state index contributed by atoms with van der Waals surface area (Å²) in [5.41, 5.74) is 5.61. The van der Waals surface area contributed by atoms with E-state index in [1.165, 1.54) is 4.90 Å². The fraction of sp³-hybridized carbons (Fsp3) is 0.429. The van der Waals surface area contributed by atoms with Crippen LogP contribution in [0.3, 0.4) is 0 Å². The van der Waals surface area contributed by atoms with Crippen LogP contribution >= 0.6 is 0 Å². The lowest BCUT2D eigenvalue weighted by Gasteiger charge is -2.27. The highest BCUT2D eigenvalue weighted by Crippen LogP contribution is 2.17. The van der Waals surface area contributed by atoms with Crippen molar-refractivity contribution in [1.82, 2.24) is 10.2 Å². The predicted molar refractivity (Wildman–Crippen MR) is 74.3 cm³/mol. The molecule has 2 amide bonds. The number of likely N-dealkylation sites (N-methyl/N-ethyl adjacent to an activating group) is 1. The molecule has 0 saturated carbocycles. The van der Waals surface area contributed by atoms with Crippen LogP contribution in [0.2, 0.25) is 0 Å². The zero-order valence-electron chi connectivity index (χ0n) is 11.8. The minimum atomic E-state index is -1.16. The minimum Gasteiger partial charge on any atom is -0.347 e. The lowest BCUT2D eigenvalue weighted by atomic mass is 9.92. The Morgan fingerprint density at radius 3 is 2.26 bits per heavy atom. The van der Waals surface area contributed by atoms with E-state index in [1.807, 2.05) is 18.2 Å². The van der Waals surface area contributed by atoms with E-state index in [0.29, 0.717) is 5.56 Å². The second kappa shape index (κ2) is 5.84. The van der Waals surface area contributed by atoms with Crippen molar-refractivity contribution in [1.29, 1.82) is 0 Å². The molecule has 19 heavy (non-hydrogen) atoms. The van der Waals surface area contributed by atoms with Gasteiger partial charge in [0.25, 0.3) is 0 Å². The molecule has 1 aromatic rings. The maximum atomic E-state index is 12.2. The minimum absolute atomic E-state index is 0.169. The van der Waals surface area contributed by atoms with E-state index in [4.69, 9.17) is 5.73 Å². The molecule has 5 nitrogen and oxygen atoms in total. The van der Waals surface area contributed by atoms with Crippen LogP contribution in [0.25, 0.3) is 0 Å². The molecule has 1 rings (SSSR count). The molecular weight excluding hydrogens is 242 g/mol. The third-order valence-electron chi connectivity index (χ3n) is 3.00. The molecular formula is C14H21N3O2. The van der Waals surface area contributed by atoms with Crippen LogP contribution in [-0.4, -0.2) is 36.9 Å². The fourth-order valence-corrected chi connectivity index (χ4v) is 1.71. The van der Waals surface area contributed by atoms with Gasteiger partial charge in [-0.2, -0.15) is 0 Å². The number of hydrogen-bond acceptors (Lipinski definition) is 3. The number of hydrogen-bond donors (Lipinski definition) is 2. The quantitative estimate of drug-likeness (QED) is 0.828. The zero-order valence-corrected chi connectivity index (χ0v) is 11.8. The standard InChI is InChI=1S/C14H21N3O2/c1-10(12(18)17(3)4)16-13(19)14(2,15)11-8-6-5-7-9-11/h5-10H,15H2,1-4H3,(H,16,19). The highest BCUT2D eigenvalue weighted by molar-refractivity contribution is 5.92. The van der Waals surface area contributed by atoms with Crippen LogP contribution in [0.4, 0.5) is 0 Å². The van der Waals surface area contributed by atoms with Crippen molar-refractivity contribution in [3.63, 3.8) is 0 Å².